The molecule has 0 aromatic heterocycles. The molecular weight excluding hydrogens is 260 g/mol. The standard InChI is InChI=1S/C14H22N2O2S/c1-7(2)14(3)12(18)16-13(19-14)15-10-5-9-4-8(10)6-11(9)17/h7-11,17H,4-6H2,1-3H3,(H,15,16,18)/t8-,9-,10+,11-,14?/m1/s1. The van der Waals surface area contributed by atoms with Gasteiger partial charge in [-0.2, -0.15) is 0 Å². The first kappa shape index (κ1) is 13.4. The van der Waals surface area contributed by atoms with E-state index in [-0.39, 0.29) is 17.9 Å². The van der Waals surface area contributed by atoms with Crippen LogP contribution >= 0.6 is 11.8 Å². The summed E-state index contributed by atoms with van der Waals surface area (Å²) in [4.78, 5) is 16.8. The Labute approximate surface area is 118 Å². The van der Waals surface area contributed by atoms with Crippen molar-refractivity contribution in [1.29, 1.82) is 0 Å². The molecule has 2 N–H and O–H groups in total. The molecule has 1 aliphatic heterocycles. The highest BCUT2D eigenvalue weighted by atomic mass is 32.2. The van der Waals surface area contributed by atoms with E-state index in [0.29, 0.717) is 17.9 Å². The van der Waals surface area contributed by atoms with Gasteiger partial charge in [0.2, 0.25) is 5.91 Å². The first-order valence-corrected chi connectivity index (χ1v) is 7.98. The molecule has 19 heavy (non-hydrogen) atoms. The summed E-state index contributed by atoms with van der Waals surface area (Å²) in [6, 6.07) is 0.297. The molecular formula is C14H22N2O2S. The number of amides is 1. The minimum atomic E-state index is -0.393. The number of thioether (sulfide) groups is 1. The highest BCUT2D eigenvalue weighted by Gasteiger charge is 2.48. The molecule has 1 heterocycles. The highest BCUT2D eigenvalue weighted by molar-refractivity contribution is 8.16. The number of carbonyl (C=O) groups is 1. The fourth-order valence-electron chi connectivity index (χ4n) is 3.46. The van der Waals surface area contributed by atoms with Gasteiger partial charge in [0.1, 0.15) is 4.75 Å². The van der Waals surface area contributed by atoms with Crippen LogP contribution in [0.1, 0.15) is 40.0 Å². The summed E-state index contributed by atoms with van der Waals surface area (Å²) in [6.45, 7) is 6.14. The van der Waals surface area contributed by atoms with Crippen LogP contribution in [0.5, 0.6) is 0 Å². The molecule has 1 amide bonds. The molecule has 3 rings (SSSR count). The number of fused-ring (bicyclic) bond motifs is 2. The summed E-state index contributed by atoms with van der Waals surface area (Å²) in [5, 5.41) is 13.5. The average Bonchev–Trinajstić information content (AvgIpc) is 2.94. The van der Waals surface area contributed by atoms with Gasteiger partial charge in [0.15, 0.2) is 5.17 Å². The number of hydrogen-bond acceptors (Lipinski definition) is 4. The normalized spacial score (nSPS) is 47.4. The van der Waals surface area contributed by atoms with Crippen molar-refractivity contribution in [3.05, 3.63) is 0 Å². The lowest BCUT2D eigenvalue weighted by Crippen LogP contribution is -2.38. The van der Waals surface area contributed by atoms with Crippen molar-refractivity contribution < 1.29 is 9.90 Å². The Morgan fingerprint density at radius 3 is 2.58 bits per heavy atom. The zero-order chi connectivity index (χ0) is 13.8. The van der Waals surface area contributed by atoms with Gasteiger partial charge in [-0.25, -0.2) is 0 Å². The van der Waals surface area contributed by atoms with Crippen molar-refractivity contribution in [1.82, 2.24) is 5.32 Å². The summed E-state index contributed by atoms with van der Waals surface area (Å²) >= 11 is 1.57. The van der Waals surface area contributed by atoms with Crippen LogP contribution in [0.3, 0.4) is 0 Å². The van der Waals surface area contributed by atoms with Crippen LogP contribution < -0.4 is 5.32 Å². The molecule has 3 aliphatic rings. The smallest absolute Gasteiger partial charge is 0.242 e. The Morgan fingerprint density at radius 2 is 2.11 bits per heavy atom. The van der Waals surface area contributed by atoms with Crippen LogP contribution in [-0.4, -0.2) is 33.1 Å². The van der Waals surface area contributed by atoms with E-state index < -0.39 is 4.75 Å². The van der Waals surface area contributed by atoms with E-state index in [0.717, 1.165) is 24.4 Å². The lowest BCUT2D eigenvalue weighted by Gasteiger charge is -2.23. The number of aliphatic hydroxyl groups excluding tert-OH is 1. The summed E-state index contributed by atoms with van der Waals surface area (Å²) in [7, 11) is 0. The van der Waals surface area contributed by atoms with Crippen molar-refractivity contribution in [2.75, 3.05) is 0 Å². The summed E-state index contributed by atoms with van der Waals surface area (Å²) in [5.74, 6) is 1.30. The molecule has 5 heteroatoms. The number of nitrogens with one attached hydrogen (secondary N) is 1. The first-order valence-electron chi connectivity index (χ1n) is 7.16. The molecule has 0 spiro atoms. The molecule has 0 aromatic rings. The Balaban J connectivity index is 1.72. The SMILES string of the molecule is CC(C)C1(C)SC(=N[C@H]2C[C@H]3C[C@@H]2C[C@H]3O)NC1=O. The summed E-state index contributed by atoms with van der Waals surface area (Å²) < 4.78 is -0.393. The summed E-state index contributed by atoms with van der Waals surface area (Å²) in [5.41, 5.74) is 0. The topological polar surface area (TPSA) is 61.7 Å². The van der Waals surface area contributed by atoms with Gasteiger partial charge in [-0.1, -0.05) is 25.6 Å². The Bertz CT molecular complexity index is 435. The summed E-state index contributed by atoms with van der Waals surface area (Å²) in [6.07, 6.45) is 2.84. The van der Waals surface area contributed by atoms with Gasteiger partial charge >= 0.3 is 0 Å². The van der Waals surface area contributed by atoms with Gasteiger partial charge in [-0.15, -0.1) is 0 Å². The molecule has 3 fully saturated rings. The maximum atomic E-state index is 12.1. The fraction of sp³-hybridized carbons (Fsp3) is 0.857. The van der Waals surface area contributed by atoms with Gasteiger partial charge in [0.05, 0.1) is 12.1 Å². The van der Waals surface area contributed by atoms with E-state index in [4.69, 9.17) is 4.99 Å². The van der Waals surface area contributed by atoms with E-state index >= 15 is 0 Å². The molecule has 2 bridgehead atoms. The second-order valence-electron chi connectivity index (χ2n) is 6.61. The van der Waals surface area contributed by atoms with Crippen LogP contribution in [0, 0.1) is 17.8 Å². The van der Waals surface area contributed by atoms with Gasteiger partial charge in [-0.3, -0.25) is 9.79 Å². The molecule has 2 aliphatic carbocycles. The van der Waals surface area contributed by atoms with Crippen LogP contribution in [-0.2, 0) is 4.79 Å². The Hall–Kier alpha value is -0.550. The molecule has 1 unspecified atom stereocenters. The van der Waals surface area contributed by atoms with Crippen molar-refractivity contribution in [3.8, 4) is 0 Å². The van der Waals surface area contributed by atoms with Gasteiger partial charge in [0.25, 0.3) is 0 Å². The lowest BCUT2D eigenvalue weighted by atomic mass is 9.94. The van der Waals surface area contributed by atoms with Crippen LogP contribution in [0.2, 0.25) is 0 Å². The van der Waals surface area contributed by atoms with Gasteiger partial charge < -0.3 is 10.4 Å². The predicted octanol–water partition coefficient (Wildman–Crippen LogP) is 1.78. The van der Waals surface area contributed by atoms with Gasteiger partial charge in [0, 0.05) is 0 Å². The average molecular weight is 282 g/mol. The van der Waals surface area contributed by atoms with Crippen molar-refractivity contribution in [2.24, 2.45) is 22.7 Å². The van der Waals surface area contributed by atoms with E-state index in [2.05, 4.69) is 19.2 Å². The third kappa shape index (κ3) is 2.11. The Morgan fingerprint density at radius 1 is 1.37 bits per heavy atom. The van der Waals surface area contributed by atoms with Crippen LogP contribution in [0.4, 0.5) is 0 Å². The molecule has 4 nitrogen and oxygen atoms in total. The molecule has 1 saturated heterocycles. The number of hydrogen-bond donors (Lipinski definition) is 2. The number of aliphatic imine (C=N–C) groups is 1. The van der Waals surface area contributed by atoms with Crippen LogP contribution in [0.15, 0.2) is 4.99 Å². The number of aliphatic hydroxyl groups is 1. The van der Waals surface area contributed by atoms with E-state index in [1.54, 1.807) is 11.8 Å². The third-order valence-corrected chi connectivity index (χ3v) is 6.63. The number of carbonyl (C=O) groups excluding carboxylic acids is 1. The number of nitrogens with zero attached hydrogens (tertiary/aromatic N) is 1. The zero-order valence-corrected chi connectivity index (χ0v) is 12.5. The second kappa shape index (κ2) is 4.48. The maximum absolute atomic E-state index is 12.1. The maximum Gasteiger partial charge on any atom is 0.242 e. The number of rotatable bonds is 2. The molecule has 5 atom stereocenters. The minimum Gasteiger partial charge on any atom is -0.393 e. The minimum absolute atomic E-state index is 0.0782. The second-order valence-corrected chi connectivity index (χ2v) is 8.05. The van der Waals surface area contributed by atoms with Crippen molar-refractivity contribution >= 4 is 22.8 Å². The third-order valence-electron chi connectivity index (χ3n) is 5.15. The van der Waals surface area contributed by atoms with E-state index in [1.165, 1.54) is 0 Å². The van der Waals surface area contributed by atoms with Crippen molar-refractivity contribution in [3.63, 3.8) is 0 Å². The van der Waals surface area contributed by atoms with Crippen molar-refractivity contribution in [2.45, 2.75) is 56.9 Å². The van der Waals surface area contributed by atoms with Gasteiger partial charge in [-0.05, 0) is 43.9 Å². The Kier molecular flexibility index (Phi) is 3.17. The van der Waals surface area contributed by atoms with E-state index in [1.807, 2.05) is 6.92 Å². The quantitative estimate of drug-likeness (QED) is 0.811. The monoisotopic (exact) mass is 282 g/mol. The largest absolute Gasteiger partial charge is 0.393 e. The molecule has 106 valence electrons. The molecule has 0 radical (unpaired) electrons. The zero-order valence-electron chi connectivity index (χ0n) is 11.7. The molecule has 2 saturated carbocycles. The number of amidine groups is 1. The highest BCUT2D eigenvalue weighted by Crippen LogP contribution is 2.47. The lowest BCUT2D eigenvalue weighted by molar-refractivity contribution is -0.122. The predicted molar refractivity (Wildman–Crippen MR) is 77.0 cm³/mol. The molecule has 0 aromatic carbocycles. The van der Waals surface area contributed by atoms with E-state index in [9.17, 15) is 9.90 Å². The van der Waals surface area contributed by atoms with Crippen LogP contribution in [0.25, 0.3) is 0 Å². The first-order chi connectivity index (χ1) is 8.90. The fourth-order valence-corrected chi connectivity index (χ4v) is 4.57.